The fraction of sp³-hybridized carbons (Fsp3) is 0.333. The predicted octanol–water partition coefficient (Wildman–Crippen LogP) is 0.322. The molecule has 1 aromatic carbocycles. The number of hydrogen-bond acceptors (Lipinski definition) is 5. The first-order chi connectivity index (χ1) is 8.47. The molecule has 0 saturated carbocycles. The number of nitrogens with one attached hydrogen (secondary N) is 1. The molecule has 0 aliphatic rings. The molecule has 0 saturated heterocycles. The van der Waals surface area contributed by atoms with Crippen molar-refractivity contribution >= 4 is 22.5 Å². The van der Waals surface area contributed by atoms with Gasteiger partial charge in [-0.05, 0) is 25.1 Å². The molecule has 1 unspecified atom stereocenters. The maximum atomic E-state index is 11.9. The number of H-pyrrole nitrogens is 1. The number of aliphatic hydroxyl groups excluding tert-OH is 1. The van der Waals surface area contributed by atoms with E-state index in [2.05, 4.69) is 9.97 Å². The summed E-state index contributed by atoms with van der Waals surface area (Å²) in [7, 11) is 1.76. The lowest BCUT2D eigenvalue weighted by atomic mass is 10.2. The van der Waals surface area contributed by atoms with Gasteiger partial charge < -0.3 is 15.7 Å². The summed E-state index contributed by atoms with van der Waals surface area (Å²) in [6, 6.07) is 5.01. The van der Waals surface area contributed by atoms with E-state index in [9.17, 15) is 9.90 Å². The average Bonchev–Trinajstić information content (AvgIpc) is 2.29. The molecule has 0 amide bonds. The van der Waals surface area contributed by atoms with Crippen molar-refractivity contribution in [1.82, 2.24) is 9.97 Å². The lowest BCUT2D eigenvalue weighted by Crippen LogP contribution is -2.30. The lowest BCUT2D eigenvalue weighted by Gasteiger charge is -2.19. The number of aromatic amines is 1. The Bertz CT molecular complexity index is 621. The summed E-state index contributed by atoms with van der Waals surface area (Å²) < 4.78 is 0. The predicted molar refractivity (Wildman–Crippen MR) is 71.7 cm³/mol. The highest BCUT2D eigenvalue weighted by Gasteiger charge is 2.09. The lowest BCUT2D eigenvalue weighted by molar-refractivity contribution is 0.201. The first-order valence-corrected chi connectivity index (χ1v) is 5.66. The summed E-state index contributed by atoms with van der Waals surface area (Å²) in [5, 5.41) is 9.79. The number of benzene rings is 1. The zero-order chi connectivity index (χ0) is 13.3. The number of fused-ring (bicyclic) bond motifs is 1. The van der Waals surface area contributed by atoms with Crippen LogP contribution in [0.3, 0.4) is 0 Å². The number of aromatic nitrogens is 2. The number of nitrogens with two attached hydrogens (primary N) is 1. The maximum absolute atomic E-state index is 11.9. The van der Waals surface area contributed by atoms with E-state index in [1.54, 1.807) is 37.1 Å². The van der Waals surface area contributed by atoms with Crippen molar-refractivity contribution in [2.24, 2.45) is 0 Å². The second kappa shape index (κ2) is 4.66. The van der Waals surface area contributed by atoms with Gasteiger partial charge in [-0.3, -0.25) is 9.78 Å². The summed E-state index contributed by atoms with van der Waals surface area (Å²) >= 11 is 0. The fourth-order valence-electron chi connectivity index (χ4n) is 1.81. The van der Waals surface area contributed by atoms with Gasteiger partial charge in [0.25, 0.3) is 5.56 Å². The van der Waals surface area contributed by atoms with Crippen LogP contribution in [0.25, 0.3) is 10.9 Å². The van der Waals surface area contributed by atoms with Gasteiger partial charge in [-0.15, -0.1) is 0 Å². The first kappa shape index (κ1) is 12.4. The first-order valence-electron chi connectivity index (χ1n) is 5.66. The highest BCUT2D eigenvalue weighted by atomic mass is 16.3. The molecule has 0 bridgehead atoms. The molecular weight excluding hydrogens is 232 g/mol. The smallest absolute Gasteiger partial charge is 0.260 e. The SMILES string of the molecule is CC(O)CN(C)c1nc2ccc(N)cc2c(=O)[nH]1. The fourth-order valence-corrected chi connectivity index (χ4v) is 1.81. The second-order valence-electron chi connectivity index (χ2n) is 4.40. The molecule has 6 nitrogen and oxygen atoms in total. The summed E-state index contributed by atoms with van der Waals surface area (Å²) in [6.07, 6.45) is -0.498. The Hall–Kier alpha value is -2.08. The van der Waals surface area contributed by atoms with E-state index in [0.29, 0.717) is 29.1 Å². The van der Waals surface area contributed by atoms with Gasteiger partial charge in [-0.2, -0.15) is 0 Å². The molecule has 2 aromatic rings. The highest BCUT2D eigenvalue weighted by molar-refractivity contribution is 5.81. The van der Waals surface area contributed by atoms with Gasteiger partial charge in [0.05, 0.1) is 17.0 Å². The third-order valence-corrected chi connectivity index (χ3v) is 2.62. The molecule has 1 atom stereocenters. The molecule has 0 aliphatic heterocycles. The van der Waals surface area contributed by atoms with Crippen LogP contribution >= 0.6 is 0 Å². The zero-order valence-corrected chi connectivity index (χ0v) is 10.3. The molecule has 2 rings (SSSR count). The van der Waals surface area contributed by atoms with Crippen molar-refractivity contribution in [2.45, 2.75) is 13.0 Å². The summed E-state index contributed by atoms with van der Waals surface area (Å²) in [6.45, 7) is 2.07. The monoisotopic (exact) mass is 248 g/mol. The number of nitrogens with zero attached hydrogens (tertiary/aromatic N) is 2. The number of anilines is 2. The van der Waals surface area contributed by atoms with Crippen LogP contribution < -0.4 is 16.2 Å². The third-order valence-electron chi connectivity index (χ3n) is 2.62. The third kappa shape index (κ3) is 2.43. The van der Waals surface area contributed by atoms with Crippen LogP contribution in [-0.2, 0) is 0 Å². The number of likely N-dealkylation sites (N-methyl/N-ethyl adjacent to an activating group) is 1. The molecule has 0 fully saturated rings. The van der Waals surface area contributed by atoms with E-state index in [1.165, 1.54) is 0 Å². The molecule has 0 aliphatic carbocycles. The molecule has 18 heavy (non-hydrogen) atoms. The van der Waals surface area contributed by atoms with Gasteiger partial charge in [0, 0.05) is 19.3 Å². The Morgan fingerprint density at radius 1 is 1.56 bits per heavy atom. The molecule has 6 heteroatoms. The Balaban J connectivity index is 2.49. The minimum absolute atomic E-state index is 0.236. The van der Waals surface area contributed by atoms with Gasteiger partial charge in [0.15, 0.2) is 0 Å². The van der Waals surface area contributed by atoms with Crippen molar-refractivity contribution in [1.29, 1.82) is 0 Å². The number of hydrogen-bond donors (Lipinski definition) is 3. The van der Waals surface area contributed by atoms with Crippen LogP contribution in [0.4, 0.5) is 11.6 Å². The molecule has 96 valence electrons. The van der Waals surface area contributed by atoms with Crippen molar-refractivity contribution < 1.29 is 5.11 Å². The minimum atomic E-state index is -0.498. The van der Waals surface area contributed by atoms with Gasteiger partial charge in [-0.1, -0.05) is 0 Å². The van der Waals surface area contributed by atoms with Crippen LogP contribution in [0.15, 0.2) is 23.0 Å². The summed E-state index contributed by atoms with van der Waals surface area (Å²) in [5.41, 5.74) is 6.51. The van der Waals surface area contributed by atoms with Crippen LogP contribution in [-0.4, -0.2) is 34.8 Å². The largest absolute Gasteiger partial charge is 0.399 e. The average molecular weight is 248 g/mol. The van der Waals surface area contributed by atoms with Crippen LogP contribution in [0.2, 0.25) is 0 Å². The van der Waals surface area contributed by atoms with E-state index >= 15 is 0 Å². The van der Waals surface area contributed by atoms with Gasteiger partial charge >= 0.3 is 0 Å². The van der Waals surface area contributed by atoms with E-state index in [-0.39, 0.29) is 5.56 Å². The van der Waals surface area contributed by atoms with Crippen molar-refractivity contribution in [3.05, 3.63) is 28.6 Å². The number of nitrogen functional groups attached to an aromatic ring is 1. The van der Waals surface area contributed by atoms with E-state index in [1.807, 2.05) is 0 Å². The van der Waals surface area contributed by atoms with Crippen LogP contribution in [0.1, 0.15) is 6.92 Å². The Kier molecular flexibility index (Phi) is 3.20. The Labute approximate surface area is 104 Å². The van der Waals surface area contributed by atoms with Gasteiger partial charge in [0.1, 0.15) is 0 Å². The van der Waals surface area contributed by atoms with Crippen molar-refractivity contribution in [3.63, 3.8) is 0 Å². The summed E-state index contributed by atoms with van der Waals surface area (Å²) in [5.74, 6) is 0.429. The van der Waals surface area contributed by atoms with Gasteiger partial charge in [-0.25, -0.2) is 4.98 Å². The molecule has 4 N–H and O–H groups in total. The highest BCUT2D eigenvalue weighted by Crippen LogP contribution is 2.14. The number of rotatable bonds is 3. The van der Waals surface area contributed by atoms with Gasteiger partial charge in [0.2, 0.25) is 5.95 Å². The number of aliphatic hydroxyl groups is 1. The van der Waals surface area contributed by atoms with E-state index < -0.39 is 6.10 Å². The van der Waals surface area contributed by atoms with Crippen LogP contribution in [0, 0.1) is 0 Å². The normalized spacial score (nSPS) is 12.6. The standard InChI is InChI=1S/C12H16N4O2/c1-7(17)6-16(2)12-14-10-4-3-8(13)5-9(10)11(18)15-12/h3-5,7,17H,6,13H2,1-2H3,(H,14,15,18). The molecule has 1 aromatic heterocycles. The van der Waals surface area contributed by atoms with Crippen molar-refractivity contribution in [3.8, 4) is 0 Å². The minimum Gasteiger partial charge on any atom is -0.399 e. The molecular formula is C12H16N4O2. The van der Waals surface area contributed by atoms with Crippen LogP contribution in [0.5, 0.6) is 0 Å². The maximum Gasteiger partial charge on any atom is 0.260 e. The quantitative estimate of drug-likeness (QED) is 0.680. The zero-order valence-electron chi connectivity index (χ0n) is 10.3. The molecule has 1 heterocycles. The Morgan fingerprint density at radius 3 is 2.94 bits per heavy atom. The Morgan fingerprint density at radius 2 is 2.28 bits per heavy atom. The summed E-state index contributed by atoms with van der Waals surface area (Å²) in [4.78, 5) is 20.6. The molecule has 0 radical (unpaired) electrons. The topological polar surface area (TPSA) is 95.2 Å². The van der Waals surface area contributed by atoms with Crippen molar-refractivity contribution in [2.75, 3.05) is 24.2 Å². The second-order valence-corrected chi connectivity index (χ2v) is 4.40. The van der Waals surface area contributed by atoms with E-state index in [0.717, 1.165) is 0 Å². The van der Waals surface area contributed by atoms with E-state index in [4.69, 9.17) is 5.73 Å². The molecule has 0 spiro atoms.